The average molecular weight is 586 g/mol. The summed E-state index contributed by atoms with van der Waals surface area (Å²) in [5.74, 6) is 0. The Morgan fingerprint density at radius 2 is 1.59 bits per heavy atom. The van der Waals surface area contributed by atoms with Crippen LogP contribution in [-0.4, -0.2) is 18.0 Å². The number of azo groups is 1. The smallest absolute Gasteiger partial charge is 1.00 e. The standard InChI is InChI=1S/C21H14Br2N4O3S.Na.H/c22-16-8-13(12-4-3-7-25-11-12)9-17(23)21(16)27-26-18-10-19(31(28,29)30)14-5-1-2-6-15(14)20(18)24;;/h1-11H,24H2,(H,28,29,30);;/q;+1;-1. The molecule has 11 heteroatoms. The number of nitrogens with two attached hydrogens (primary N) is 1. The van der Waals surface area contributed by atoms with Crippen LogP contribution >= 0.6 is 31.9 Å². The van der Waals surface area contributed by atoms with Crippen LogP contribution in [0.25, 0.3) is 21.9 Å². The van der Waals surface area contributed by atoms with Gasteiger partial charge in [-0.25, -0.2) is 0 Å². The fourth-order valence-corrected chi connectivity index (χ4v) is 5.17. The summed E-state index contributed by atoms with van der Waals surface area (Å²) in [7, 11) is -4.49. The van der Waals surface area contributed by atoms with Crippen molar-refractivity contribution >= 4 is 69.8 Å². The zero-order chi connectivity index (χ0) is 22.2. The zero-order valence-electron chi connectivity index (χ0n) is 17.7. The van der Waals surface area contributed by atoms with E-state index in [1.807, 2.05) is 24.3 Å². The summed E-state index contributed by atoms with van der Waals surface area (Å²) in [6.45, 7) is 0. The van der Waals surface area contributed by atoms with Crippen LogP contribution in [0.4, 0.5) is 17.1 Å². The molecule has 0 fully saturated rings. The van der Waals surface area contributed by atoms with Gasteiger partial charge in [-0.15, -0.1) is 10.2 Å². The Morgan fingerprint density at radius 3 is 2.19 bits per heavy atom. The zero-order valence-corrected chi connectivity index (χ0v) is 22.7. The Morgan fingerprint density at radius 1 is 0.938 bits per heavy atom. The summed E-state index contributed by atoms with van der Waals surface area (Å²) in [6.07, 6.45) is 3.45. The van der Waals surface area contributed by atoms with Gasteiger partial charge in [0.25, 0.3) is 10.1 Å². The predicted octanol–water partition coefficient (Wildman–Crippen LogP) is 3.79. The molecule has 0 radical (unpaired) electrons. The van der Waals surface area contributed by atoms with Crippen molar-refractivity contribution < 1.29 is 44.0 Å². The third-order valence-electron chi connectivity index (χ3n) is 4.57. The van der Waals surface area contributed by atoms with E-state index >= 15 is 0 Å². The van der Waals surface area contributed by atoms with Crippen molar-refractivity contribution in [1.82, 2.24) is 4.98 Å². The first-order valence-corrected chi connectivity index (χ1v) is 11.9. The SMILES string of the molecule is Nc1c(N=Nc2c(Br)cc(-c3cccnc3)cc2Br)cc(S(=O)(=O)O)c2ccccc12.[H-].[Na+]. The number of hydrogen-bond donors (Lipinski definition) is 2. The minimum absolute atomic E-state index is 0. The number of aromatic nitrogens is 1. The maximum atomic E-state index is 11.9. The molecule has 0 saturated heterocycles. The third-order valence-corrected chi connectivity index (χ3v) is 6.68. The van der Waals surface area contributed by atoms with Gasteiger partial charge >= 0.3 is 29.6 Å². The minimum atomic E-state index is -4.49. The van der Waals surface area contributed by atoms with Gasteiger partial charge in [0.15, 0.2) is 0 Å². The van der Waals surface area contributed by atoms with Crippen LogP contribution in [0.2, 0.25) is 0 Å². The molecule has 0 saturated carbocycles. The van der Waals surface area contributed by atoms with Crippen molar-refractivity contribution in [2.45, 2.75) is 4.90 Å². The van der Waals surface area contributed by atoms with E-state index in [0.717, 1.165) is 11.1 Å². The molecule has 32 heavy (non-hydrogen) atoms. The maximum Gasteiger partial charge on any atom is 1.00 e. The molecule has 4 rings (SSSR count). The monoisotopic (exact) mass is 584 g/mol. The molecular weight excluding hydrogens is 571 g/mol. The van der Waals surface area contributed by atoms with Crippen molar-refractivity contribution in [3.63, 3.8) is 0 Å². The van der Waals surface area contributed by atoms with Crippen molar-refractivity contribution in [3.8, 4) is 11.1 Å². The molecule has 7 nitrogen and oxygen atoms in total. The number of nitrogens with zero attached hydrogens (tertiary/aromatic N) is 3. The quantitative estimate of drug-likeness (QED) is 0.163. The van der Waals surface area contributed by atoms with Crippen LogP contribution in [0.15, 0.2) is 91.1 Å². The number of pyridine rings is 1. The molecule has 0 bridgehead atoms. The second-order valence-electron chi connectivity index (χ2n) is 6.56. The van der Waals surface area contributed by atoms with Gasteiger partial charge in [0.05, 0.1) is 5.69 Å². The van der Waals surface area contributed by atoms with Crippen LogP contribution in [0, 0.1) is 0 Å². The third kappa shape index (κ3) is 5.12. The van der Waals surface area contributed by atoms with Gasteiger partial charge in [-0.2, -0.15) is 8.42 Å². The largest absolute Gasteiger partial charge is 1.00 e. The Bertz CT molecular complexity index is 1430. The normalized spacial score (nSPS) is 11.6. The first-order valence-electron chi connectivity index (χ1n) is 8.85. The molecular formula is C21H15Br2N4NaO3S. The van der Waals surface area contributed by atoms with Gasteiger partial charge in [-0.05, 0) is 61.7 Å². The van der Waals surface area contributed by atoms with Gasteiger partial charge in [0.1, 0.15) is 16.3 Å². The van der Waals surface area contributed by atoms with Gasteiger partial charge in [0.2, 0.25) is 0 Å². The second kappa shape index (κ2) is 10.1. The van der Waals surface area contributed by atoms with Crippen LogP contribution in [-0.2, 0) is 10.1 Å². The second-order valence-corrected chi connectivity index (χ2v) is 9.66. The van der Waals surface area contributed by atoms with E-state index in [0.29, 0.717) is 25.4 Å². The van der Waals surface area contributed by atoms with Gasteiger partial charge in [0, 0.05) is 37.7 Å². The Balaban J connectivity index is 0.00000193. The van der Waals surface area contributed by atoms with Gasteiger partial charge < -0.3 is 7.16 Å². The fourth-order valence-electron chi connectivity index (χ4n) is 3.11. The summed E-state index contributed by atoms with van der Waals surface area (Å²) >= 11 is 7.00. The molecule has 0 amide bonds. The summed E-state index contributed by atoms with van der Waals surface area (Å²) < 4.78 is 34.8. The van der Waals surface area contributed by atoms with Gasteiger partial charge in [-0.3, -0.25) is 9.54 Å². The first-order chi connectivity index (χ1) is 14.8. The van der Waals surface area contributed by atoms with E-state index in [1.54, 1.807) is 36.7 Å². The predicted molar refractivity (Wildman–Crippen MR) is 129 cm³/mol. The number of anilines is 1. The van der Waals surface area contributed by atoms with E-state index < -0.39 is 10.1 Å². The minimum Gasteiger partial charge on any atom is -1.00 e. The molecule has 158 valence electrons. The van der Waals surface area contributed by atoms with Gasteiger partial charge in [-0.1, -0.05) is 30.3 Å². The number of rotatable bonds is 4. The van der Waals surface area contributed by atoms with E-state index in [4.69, 9.17) is 5.73 Å². The summed E-state index contributed by atoms with van der Waals surface area (Å²) in [4.78, 5) is 3.84. The van der Waals surface area contributed by atoms with Crippen LogP contribution < -0.4 is 35.3 Å². The van der Waals surface area contributed by atoms with Crippen LogP contribution in [0.5, 0.6) is 0 Å². The number of benzene rings is 3. The fraction of sp³-hybridized carbons (Fsp3) is 0. The van der Waals surface area contributed by atoms with E-state index in [-0.39, 0.29) is 47.3 Å². The van der Waals surface area contributed by atoms with E-state index in [9.17, 15) is 13.0 Å². The molecule has 3 aromatic carbocycles. The molecule has 0 aliphatic heterocycles. The molecule has 0 aliphatic carbocycles. The number of halogens is 2. The molecule has 1 aromatic heterocycles. The first kappa shape index (κ1) is 25.0. The molecule has 4 aromatic rings. The topological polar surface area (TPSA) is 118 Å². The Hall–Kier alpha value is -1.66. The van der Waals surface area contributed by atoms with Crippen molar-refractivity contribution in [1.29, 1.82) is 0 Å². The summed E-state index contributed by atoms with van der Waals surface area (Å²) in [5.41, 5.74) is 8.94. The molecule has 0 aliphatic rings. The van der Waals surface area contributed by atoms with Crippen LogP contribution in [0.3, 0.4) is 0 Å². The Labute approximate surface area is 224 Å². The molecule has 0 unspecified atom stereocenters. The number of fused-ring (bicyclic) bond motifs is 1. The molecule has 3 N–H and O–H groups in total. The maximum absolute atomic E-state index is 11.9. The molecule has 0 atom stereocenters. The van der Waals surface area contributed by atoms with Crippen LogP contribution in [0.1, 0.15) is 1.43 Å². The van der Waals surface area contributed by atoms with E-state index in [1.165, 1.54) is 6.07 Å². The number of hydrogen-bond acceptors (Lipinski definition) is 6. The summed E-state index contributed by atoms with van der Waals surface area (Å²) in [5, 5.41) is 9.20. The van der Waals surface area contributed by atoms with E-state index in [2.05, 4.69) is 47.1 Å². The van der Waals surface area contributed by atoms with Crippen molar-refractivity contribution in [2.75, 3.05) is 5.73 Å². The van der Waals surface area contributed by atoms with Crippen molar-refractivity contribution in [3.05, 3.63) is 75.9 Å². The Kier molecular flexibility index (Phi) is 7.87. The average Bonchev–Trinajstić information content (AvgIpc) is 2.74. The number of nitrogen functional groups attached to an aromatic ring is 1. The summed E-state index contributed by atoms with van der Waals surface area (Å²) in [6, 6.07) is 15.4. The molecule has 0 spiro atoms. The van der Waals surface area contributed by atoms with Crippen molar-refractivity contribution in [2.24, 2.45) is 10.2 Å². The molecule has 1 heterocycles.